The van der Waals surface area contributed by atoms with Crippen LogP contribution in [-0.4, -0.2) is 43.0 Å². The third-order valence-electron chi connectivity index (χ3n) is 5.46. The molecule has 0 spiro atoms. The van der Waals surface area contributed by atoms with Gasteiger partial charge in [0.1, 0.15) is 5.82 Å². The second kappa shape index (κ2) is 8.02. The van der Waals surface area contributed by atoms with Gasteiger partial charge in [0.05, 0.1) is 21.9 Å². The topological polar surface area (TPSA) is 114 Å². The smallest absolute Gasteiger partial charge is 0.315 e. The summed E-state index contributed by atoms with van der Waals surface area (Å²) in [4.78, 5) is 1.73. The second-order valence-electron chi connectivity index (χ2n) is 8.18. The molecule has 2 aliphatic rings. The van der Waals surface area contributed by atoms with Crippen molar-refractivity contribution in [3.63, 3.8) is 0 Å². The number of nitrogens with one attached hydrogen (secondary N) is 1. The molecule has 3 N–H and O–H groups in total. The van der Waals surface area contributed by atoms with E-state index in [-0.39, 0.29) is 34.7 Å². The van der Waals surface area contributed by atoms with Crippen LogP contribution in [0.5, 0.6) is 0 Å². The van der Waals surface area contributed by atoms with E-state index in [1.165, 1.54) is 6.07 Å². The zero-order valence-corrected chi connectivity index (χ0v) is 18.5. The molecule has 8 nitrogen and oxygen atoms in total. The van der Waals surface area contributed by atoms with Crippen LogP contribution in [0.3, 0.4) is 0 Å². The molecule has 0 saturated heterocycles. The Morgan fingerprint density at radius 2 is 1.97 bits per heavy atom. The summed E-state index contributed by atoms with van der Waals surface area (Å²) >= 11 is 5.98. The molecule has 1 fully saturated rings. The lowest BCUT2D eigenvalue weighted by atomic mass is 10.1. The second-order valence-corrected chi connectivity index (χ2v) is 10.6. The van der Waals surface area contributed by atoms with Crippen LogP contribution in [0.25, 0.3) is 11.5 Å². The van der Waals surface area contributed by atoms with Crippen LogP contribution in [0.15, 0.2) is 45.7 Å². The first-order valence-electron chi connectivity index (χ1n) is 10.2. The third kappa shape index (κ3) is 4.30. The quantitative estimate of drug-likeness (QED) is 0.575. The zero-order chi connectivity index (χ0) is 22.5. The maximum atomic E-state index is 15.0. The number of aromatic nitrogens is 2. The Hall–Kier alpha value is -2.69. The van der Waals surface area contributed by atoms with E-state index in [1.54, 1.807) is 12.1 Å². The molecule has 1 aromatic heterocycles. The average molecular weight is 478 g/mol. The predicted molar refractivity (Wildman–Crippen MR) is 119 cm³/mol. The molecular weight excluding hydrogens is 457 g/mol. The van der Waals surface area contributed by atoms with Crippen molar-refractivity contribution in [3.8, 4) is 11.5 Å². The van der Waals surface area contributed by atoms with Crippen molar-refractivity contribution in [2.75, 3.05) is 22.5 Å². The van der Waals surface area contributed by atoms with Crippen molar-refractivity contribution in [3.05, 3.63) is 52.8 Å². The summed E-state index contributed by atoms with van der Waals surface area (Å²) in [5, 5.41) is 11.5. The number of fused-ring (bicyclic) bond motifs is 1. The van der Waals surface area contributed by atoms with Crippen LogP contribution in [0, 0.1) is 5.82 Å². The fraction of sp³-hybridized carbons (Fsp3) is 0.333. The molecule has 2 aromatic carbocycles. The molecule has 1 saturated carbocycles. The highest BCUT2D eigenvalue weighted by atomic mass is 35.5. The molecule has 1 aliphatic heterocycles. The lowest BCUT2D eigenvalue weighted by Gasteiger charge is -2.26. The molecule has 5 rings (SSSR count). The lowest BCUT2D eigenvalue weighted by molar-refractivity contribution is 0.565. The van der Waals surface area contributed by atoms with Crippen molar-refractivity contribution in [2.45, 2.75) is 36.4 Å². The van der Waals surface area contributed by atoms with Crippen molar-refractivity contribution in [1.29, 1.82) is 0 Å². The maximum absolute atomic E-state index is 15.0. The van der Waals surface area contributed by atoms with Gasteiger partial charge in [-0.3, -0.25) is 0 Å². The van der Waals surface area contributed by atoms with E-state index >= 15 is 4.39 Å². The first kappa shape index (κ1) is 21.2. The summed E-state index contributed by atoms with van der Waals surface area (Å²) < 4.78 is 46.5. The number of benzene rings is 2. The number of hydrogen-bond acceptors (Lipinski definition) is 8. The van der Waals surface area contributed by atoms with Crippen molar-refractivity contribution < 1.29 is 17.2 Å². The van der Waals surface area contributed by atoms with Crippen molar-refractivity contribution >= 4 is 33.1 Å². The predicted octanol–water partition coefficient (Wildman–Crippen LogP) is 3.22. The Labute approximate surface area is 189 Å². The highest BCUT2D eigenvalue weighted by molar-refractivity contribution is 7.91. The monoisotopic (exact) mass is 477 g/mol. The van der Waals surface area contributed by atoms with Gasteiger partial charge in [0.15, 0.2) is 9.84 Å². The third-order valence-corrected chi connectivity index (χ3v) is 7.58. The normalized spacial score (nSPS) is 20.0. The minimum Gasteiger partial charge on any atom is -0.403 e. The number of anilines is 2. The summed E-state index contributed by atoms with van der Waals surface area (Å²) in [6.07, 6.45) is 2.03. The number of hydrogen-bond donors (Lipinski definition) is 2. The number of sulfone groups is 1. The van der Waals surface area contributed by atoms with Gasteiger partial charge in [0.25, 0.3) is 5.89 Å². The fourth-order valence-corrected chi connectivity index (χ4v) is 5.53. The van der Waals surface area contributed by atoms with Crippen LogP contribution in [0.1, 0.15) is 18.4 Å². The number of nitrogens with two attached hydrogens (primary N) is 1. The van der Waals surface area contributed by atoms with Gasteiger partial charge in [0, 0.05) is 30.2 Å². The van der Waals surface area contributed by atoms with Crippen LogP contribution in [0.2, 0.25) is 5.02 Å². The van der Waals surface area contributed by atoms with E-state index in [0.29, 0.717) is 23.3 Å². The molecule has 0 unspecified atom stereocenters. The standard InChI is InChI=1S/C21H21ClFN5O3S/c22-13-3-1-12(2-4-13)9-28-10-14(24)11-32(29,30)19-8-17(23)16(7-18(19)28)20-26-27-21(31-20)25-15-5-6-15/h1-4,7-8,14-15H,5-6,9-11,24H2,(H,25,27)/t14-/m1/s1. The maximum Gasteiger partial charge on any atom is 0.315 e. The van der Waals surface area contributed by atoms with E-state index in [4.69, 9.17) is 21.8 Å². The van der Waals surface area contributed by atoms with Gasteiger partial charge in [-0.15, -0.1) is 5.10 Å². The molecule has 1 atom stereocenters. The van der Waals surface area contributed by atoms with Gasteiger partial charge in [-0.1, -0.05) is 28.8 Å². The fourth-order valence-electron chi connectivity index (χ4n) is 3.76. The van der Waals surface area contributed by atoms with Gasteiger partial charge in [-0.2, -0.15) is 0 Å². The summed E-state index contributed by atoms with van der Waals surface area (Å²) in [7, 11) is -3.79. The van der Waals surface area contributed by atoms with E-state index in [9.17, 15) is 8.42 Å². The Morgan fingerprint density at radius 3 is 2.69 bits per heavy atom. The minimum atomic E-state index is -3.79. The molecule has 0 amide bonds. The minimum absolute atomic E-state index is 0.0224. The molecule has 0 radical (unpaired) electrons. The average Bonchev–Trinajstić information content (AvgIpc) is 3.44. The molecule has 168 valence electrons. The summed E-state index contributed by atoms with van der Waals surface area (Å²) in [6.45, 7) is 0.648. The van der Waals surface area contributed by atoms with Gasteiger partial charge in [-0.05, 0) is 42.7 Å². The van der Waals surface area contributed by atoms with E-state index in [2.05, 4.69) is 15.5 Å². The first-order valence-corrected chi connectivity index (χ1v) is 12.2. The number of halogens is 2. The van der Waals surface area contributed by atoms with Gasteiger partial charge in [-0.25, -0.2) is 12.8 Å². The number of nitrogens with zero attached hydrogens (tertiary/aromatic N) is 3. The van der Waals surface area contributed by atoms with Crippen molar-refractivity contribution in [1.82, 2.24) is 10.2 Å². The molecule has 11 heteroatoms. The Morgan fingerprint density at radius 1 is 1.22 bits per heavy atom. The van der Waals surface area contributed by atoms with Gasteiger partial charge >= 0.3 is 6.01 Å². The molecule has 0 bridgehead atoms. The largest absolute Gasteiger partial charge is 0.403 e. The summed E-state index contributed by atoms with van der Waals surface area (Å²) in [6, 6.07) is 9.56. The molecule has 3 aromatic rings. The zero-order valence-electron chi connectivity index (χ0n) is 17.0. The summed E-state index contributed by atoms with van der Waals surface area (Å²) in [5.74, 6) is -1.05. The summed E-state index contributed by atoms with van der Waals surface area (Å²) in [5.41, 5.74) is 7.41. The molecule has 32 heavy (non-hydrogen) atoms. The van der Waals surface area contributed by atoms with Crippen LogP contribution in [-0.2, 0) is 16.4 Å². The molecule has 2 heterocycles. The van der Waals surface area contributed by atoms with Crippen molar-refractivity contribution in [2.24, 2.45) is 5.73 Å². The molecular formula is C21H21ClFN5O3S. The van der Waals surface area contributed by atoms with Crippen LogP contribution >= 0.6 is 11.6 Å². The highest BCUT2D eigenvalue weighted by Crippen LogP contribution is 2.37. The SMILES string of the molecule is N[C@@H]1CN(Cc2ccc(Cl)cc2)c2cc(-c3nnc(NC4CC4)o3)c(F)cc2S(=O)(=O)C1. The van der Waals surface area contributed by atoms with Gasteiger partial charge < -0.3 is 20.4 Å². The molecule has 1 aliphatic carbocycles. The Bertz CT molecular complexity index is 1260. The van der Waals surface area contributed by atoms with Crippen LogP contribution < -0.4 is 16.0 Å². The Balaban J connectivity index is 1.57. The lowest BCUT2D eigenvalue weighted by Crippen LogP contribution is -2.39. The van der Waals surface area contributed by atoms with E-state index in [0.717, 1.165) is 24.5 Å². The first-order chi connectivity index (χ1) is 15.3. The van der Waals surface area contributed by atoms with E-state index in [1.807, 2.05) is 17.0 Å². The van der Waals surface area contributed by atoms with E-state index < -0.39 is 21.7 Å². The van der Waals surface area contributed by atoms with Crippen LogP contribution in [0.4, 0.5) is 16.1 Å². The number of rotatable bonds is 5. The highest BCUT2D eigenvalue weighted by Gasteiger charge is 2.32. The Kier molecular flexibility index (Phi) is 5.31. The van der Waals surface area contributed by atoms with Gasteiger partial charge in [0.2, 0.25) is 0 Å².